The smallest absolute Gasteiger partial charge is 0.377 e. The fourth-order valence-electron chi connectivity index (χ4n) is 2.39. The van der Waals surface area contributed by atoms with Crippen molar-refractivity contribution in [3.05, 3.63) is 0 Å². The number of hydrogen-bond donors (Lipinski definition) is 0. The zero-order valence-corrected chi connectivity index (χ0v) is 14.5. The van der Waals surface area contributed by atoms with Crippen LogP contribution in [0, 0.1) is 0 Å². The summed E-state index contributed by atoms with van der Waals surface area (Å²) in [5.41, 5.74) is 0. The SMILES string of the molecule is CCCCCCCCCCCC[Si](OC)(OC)OC. The van der Waals surface area contributed by atoms with Gasteiger partial charge in [0.05, 0.1) is 0 Å². The molecule has 0 atom stereocenters. The fraction of sp³-hybridized carbons (Fsp3) is 1.00. The summed E-state index contributed by atoms with van der Waals surface area (Å²) in [5.74, 6) is 0. The lowest BCUT2D eigenvalue weighted by atomic mass is 10.1. The summed E-state index contributed by atoms with van der Waals surface area (Å²) in [6, 6.07) is 0.938. The van der Waals surface area contributed by atoms with Crippen molar-refractivity contribution in [2.24, 2.45) is 0 Å². The molecule has 19 heavy (non-hydrogen) atoms. The molecule has 0 aromatic rings. The van der Waals surface area contributed by atoms with E-state index in [2.05, 4.69) is 6.92 Å². The highest BCUT2D eigenvalue weighted by atomic mass is 28.4. The van der Waals surface area contributed by atoms with Gasteiger partial charge in [-0.15, -0.1) is 0 Å². The van der Waals surface area contributed by atoms with E-state index >= 15 is 0 Å². The summed E-state index contributed by atoms with van der Waals surface area (Å²) in [4.78, 5) is 0. The van der Waals surface area contributed by atoms with Crippen LogP contribution in [0.1, 0.15) is 71.1 Å². The third kappa shape index (κ3) is 9.60. The first-order valence-electron chi connectivity index (χ1n) is 7.90. The Hall–Kier alpha value is 0.0969. The molecular formula is C15H34O3Si. The minimum atomic E-state index is -2.31. The van der Waals surface area contributed by atoms with Crippen molar-refractivity contribution in [2.75, 3.05) is 21.3 Å². The predicted octanol–water partition coefficient (Wildman–Crippen LogP) is 4.79. The summed E-state index contributed by atoms with van der Waals surface area (Å²) in [7, 11) is 2.76. The van der Waals surface area contributed by atoms with Gasteiger partial charge in [0, 0.05) is 27.4 Å². The molecular weight excluding hydrogens is 256 g/mol. The molecule has 0 unspecified atom stereocenters. The Morgan fingerprint density at radius 3 is 1.32 bits per heavy atom. The van der Waals surface area contributed by atoms with E-state index in [1.807, 2.05) is 0 Å². The van der Waals surface area contributed by atoms with Gasteiger partial charge in [-0.25, -0.2) is 0 Å². The molecule has 116 valence electrons. The van der Waals surface area contributed by atoms with E-state index in [0.29, 0.717) is 0 Å². The highest BCUT2D eigenvalue weighted by molar-refractivity contribution is 6.60. The second-order valence-corrected chi connectivity index (χ2v) is 8.32. The maximum absolute atomic E-state index is 5.41. The highest BCUT2D eigenvalue weighted by Crippen LogP contribution is 2.18. The lowest BCUT2D eigenvalue weighted by Gasteiger charge is -2.24. The van der Waals surface area contributed by atoms with Crippen LogP contribution in [-0.2, 0) is 13.3 Å². The van der Waals surface area contributed by atoms with Gasteiger partial charge in [0.2, 0.25) is 0 Å². The monoisotopic (exact) mass is 290 g/mol. The molecule has 0 fully saturated rings. The lowest BCUT2D eigenvalue weighted by molar-refractivity contribution is 0.122. The maximum Gasteiger partial charge on any atom is 0.500 e. The van der Waals surface area contributed by atoms with Gasteiger partial charge >= 0.3 is 8.80 Å². The van der Waals surface area contributed by atoms with Crippen molar-refractivity contribution >= 4 is 8.80 Å². The van der Waals surface area contributed by atoms with E-state index in [1.54, 1.807) is 21.3 Å². The van der Waals surface area contributed by atoms with Crippen LogP contribution in [0.4, 0.5) is 0 Å². The van der Waals surface area contributed by atoms with Gasteiger partial charge in [0.15, 0.2) is 0 Å². The molecule has 4 heteroatoms. The third-order valence-corrected chi connectivity index (χ3v) is 6.60. The summed E-state index contributed by atoms with van der Waals surface area (Å²) >= 11 is 0. The van der Waals surface area contributed by atoms with Crippen molar-refractivity contribution in [2.45, 2.75) is 77.2 Å². The average molecular weight is 291 g/mol. The first-order chi connectivity index (χ1) is 9.24. The Bertz CT molecular complexity index is 176. The molecule has 0 aromatic heterocycles. The Morgan fingerprint density at radius 1 is 0.579 bits per heavy atom. The molecule has 0 aliphatic carbocycles. The lowest BCUT2D eigenvalue weighted by Crippen LogP contribution is -2.42. The number of unbranched alkanes of at least 4 members (excludes halogenated alkanes) is 9. The predicted molar refractivity (Wildman–Crippen MR) is 83.4 cm³/mol. The molecule has 0 radical (unpaired) electrons. The van der Waals surface area contributed by atoms with Crippen molar-refractivity contribution in [1.29, 1.82) is 0 Å². The second-order valence-electron chi connectivity index (χ2n) is 5.23. The molecule has 0 amide bonds. The largest absolute Gasteiger partial charge is 0.500 e. The van der Waals surface area contributed by atoms with E-state index in [0.717, 1.165) is 12.5 Å². The van der Waals surface area contributed by atoms with Gasteiger partial charge < -0.3 is 13.3 Å². The first-order valence-corrected chi connectivity index (χ1v) is 9.83. The van der Waals surface area contributed by atoms with Gasteiger partial charge in [-0.3, -0.25) is 0 Å². The van der Waals surface area contributed by atoms with E-state index in [9.17, 15) is 0 Å². The van der Waals surface area contributed by atoms with E-state index in [-0.39, 0.29) is 0 Å². The molecule has 0 bridgehead atoms. The second kappa shape index (κ2) is 13.1. The molecule has 0 N–H and O–H groups in total. The van der Waals surface area contributed by atoms with Gasteiger partial charge in [0.25, 0.3) is 0 Å². The molecule has 0 aromatic carbocycles. The third-order valence-electron chi connectivity index (χ3n) is 3.77. The Balaban J connectivity index is 3.35. The molecule has 0 rings (SSSR count). The Morgan fingerprint density at radius 2 is 0.947 bits per heavy atom. The van der Waals surface area contributed by atoms with E-state index in [1.165, 1.54) is 57.8 Å². The maximum atomic E-state index is 5.41. The molecule has 0 aliphatic heterocycles. The highest BCUT2D eigenvalue weighted by Gasteiger charge is 2.36. The van der Waals surface area contributed by atoms with Crippen LogP contribution < -0.4 is 0 Å². The molecule has 3 nitrogen and oxygen atoms in total. The van der Waals surface area contributed by atoms with Crippen LogP contribution >= 0.6 is 0 Å². The van der Waals surface area contributed by atoms with Crippen molar-refractivity contribution in [1.82, 2.24) is 0 Å². The van der Waals surface area contributed by atoms with E-state index in [4.69, 9.17) is 13.3 Å². The van der Waals surface area contributed by atoms with Gasteiger partial charge in [0.1, 0.15) is 0 Å². The number of hydrogen-bond acceptors (Lipinski definition) is 3. The summed E-state index contributed by atoms with van der Waals surface area (Å²) in [5, 5.41) is 0. The fourth-order valence-corrected chi connectivity index (χ4v) is 4.18. The average Bonchev–Trinajstić information content (AvgIpc) is 2.46. The van der Waals surface area contributed by atoms with Gasteiger partial charge in [-0.2, -0.15) is 0 Å². The summed E-state index contributed by atoms with van der Waals surface area (Å²) in [6.07, 6.45) is 13.5. The molecule has 0 aliphatic rings. The van der Waals surface area contributed by atoms with E-state index < -0.39 is 8.80 Å². The molecule has 0 spiro atoms. The van der Waals surface area contributed by atoms with Gasteiger partial charge in [-0.05, 0) is 6.42 Å². The van der Waals surface area contributed by atoms with Crippen molar-refractivity contribution < 1.29 is 13.3 Å². The summed E-state index contributed by atoms with van der Waals surface area (Å²) < 4.78 is 16.2. The minimum Gasteiger partial charge on any atom is -0.377 e. The van der Waals surface area contributed by atoms with Crippen molar-refractivity contribution in [3.8, 4) is 0 Å². The first kappa shape index (κ1) is 19.1. The molecule has 0 heterocycles. The normalized spacial score (nSPS) is 12.0. The molecule has 0 saturated heterocycles. The van der Waals surface area contributed by atoms with Crippen LogP contribution in [0.5, 0.6) is 0 Å². The van der Waals surface area contributed by atoms with Crippen LogP contribution in [0.3, 0.4) is 0 Å². The Kier molecular flexibility index (Phi) is 13.2. The summed E-state index contributed by atoms with van der Waals surface area (Å²) in [6.45, 7) is 2.27. The zero-order chi connectivity index (χ0) is 14.4. The quantitative estimate of drug-likeness (QED) is 0.340. The topological polar surface area (TPSA) is 27.7 Å². The zero-order valence-electron chi connectivity index (χ0n) is 13.5. The standard InChI is InChI=1S/C15H34O3Si/c1-5-6-7-8-9-10-11-12-13-14-15-19(16-2,17-3)18-4/h5-15H2,1-4H3. The van der Waals surface area contributed by atoms with Crippen LogP contribution in [0.25, 0.3) is 0 Å². The van der Waals surface area contributed by atoms with Crippen LogP contribution in [-0.4, -0.2) is 30.1 Å². The van der Waals surface area contributed by atoms with Crippen LogP contribution in [0.2, 0.25) is 6.04 Å². The minimum absolute atomic E-state index is 0.938. The Labute approximate surface area is 121 Å². The van der Waals surface area contributed by atoms with Crippen LogP contribution in [0.15, 0.2) is 0 Å². The van der Waals surface area contributed by atoms with Gasteiger partial charge in [-0.1, -0.05) is 64.7 Å². The van der Waals surface area contributed by atoms with Crippen molar-refractivity contribution in [3.63, 3.8) is 0 Å². The number of rotatable bonds is 14. The molecule has 0 saturated carbocycles.